The van der Waals surface area contributed by atoms with Gasteiger partial charge in [0.05, 0.1) is 18.8 Å². The van der Waals surface area contributed by atoms with Crippen molar-refractivity contribution in [1.82, 2.24) is 0 Å². The molecule has 2 N–H and O–H groups in total. The van der Waals surface area contributed by atoms with Crippen molar-refractivity contribution in [2.45, 2.75) is 19.1 Å². The fraction of sp³-hybridized carbons (Fsp3) is 0.538. The fourth-order valence-corrected chi connectivity index (χ4v) is 2.09. The number of likely N-dealkylation sites (N-methyl/N-ethyl adjacent to an activating group) is 1. The van der Waals surface area contributed by atoms with Crippen molar-refractivity contribution in [1.29, 1.82) is 0 Å². The summed E-state index contributed by atoms with van der Waals surface area (Å²) < 4.78 is 4.88. The average molecular weight is 274 g/mol. The van der Waals surface area contributed by atoms with Crippen molar-refractivity contribution in [3.8, 4) is 0 Å². The summed E-state index contributed by atoms with van der Waals surface area (Å²) in [4.78, 5) is 1.89. The molecular weight excluding hydrogens is 254 g/mol. The molecule has 5 heteroatoms. The van der Waals surface area contributed by atoms with Crippen LogP contribution in [0, 0.1) is 0 Å². The lowest BCUT2D eigenvalue weighted by Crippen LogP contribution is -2.31. The van der Waals surface area contributed by atoms with Gasteiger partial charge in [-0.25, -0.2) is 0 Å². The van der Waals surface area contributed by atoms with E-state index in [9.17, 15) is 10.2 Å². The van der Waals surface area contributed by atoms with Crippen LogP contribution in [0.2, 0.25) is 5.02 Å². The summed E-state index contributed by atoms with van der Waals surface area (Å²) in [6.07, 6.45) is -1.13. The molecule has 0 saturated heterocycles. The number of methoxy groups -OCH3 is 1. The average Bonchev–Trinajstić information content (AvgIpc) is 2.28. The van der Waals surface area contributed by atoms with E-state index in [1.54, 1.807) is 26.2 Å². The second-order valence-corrected chi connectivity index (χ2v) is 4.78. The number of ether oxygens (including phenoxy) is 1. The lowest BCUT2D eigenvalue weighted by Gasteiger charge is -2.23. The predicted molar refractivity (Wildman–Crippen MR) is 73.2 cm³/mol. The van der Waals surface area contributed by atoms with Crippen LogP contribution in [0.15, 0.2) is 18.2 Å². The molecule has 4 nitrogen and oxygen atoms in total. The Morgan fingerprint density at radius 2 is 2.06 bits per heavy atom. The molecule has 18 heavy (non-hydrogen) atoms. The largest absolute Gasteiger partial charge is 0.389 e. The molecule has 0 aromatic heterocycles. The molecule has 0 aliphatic carbocycles. The Morgan fingerprint density at radius 1 is 1.39 bits per heavy atom. The first-order chi connectivity index (χ1) is 8.45. The Labute approximate surface area is 113 Å². The molecule has 1 aromatic carbocycles. The minimum Gasteiger partial charge on any atom is -0.389 e. The van der Waals surface area contributed by atoms with Crippen LogP contribution in [-0.4, -0.2) is 43.6 Å². The number of hydrogen-bond acceptors (Lipinski definition) is 4. The lowest BCUT2D eigenvalue weighted by molar-refractivity contribution is 0.0695. The van der Waals surface area contributed by atoms with E-state index < -0.39 is 12.2 Å². The normalized spacial score (nSPS) is 14.3. The molecule has 102 valence electrons. The van der Waals surface area contributed by atoms with E-state index in [4.69, 9.17) is 16.3 Å². The third kappa shape index (κ3) is 4.14. The number of anilines is 1. The van der Waals surface area contributed by atoms with E-state index in [0.717, 1.165) is 5.69 Å². The number of aliphatic hydroxyl groups is 2. The summed E-state index contributed by atoms with van der Waals surface area (Å²) >= 11 is 6.09. The minimum absolute atomic E-state index is 0.295. The van der Waals surface area contributed by atoms with Gasteiger partial charge in [-0.2, -0.15) is 0 Å². The van der Waals surface area contributed by atoms with Crippen LogP contribution in [0.25, 0.3) is 0 Å². The van der Waals surface area contributed by atoms with Crippen molar-refractivity contribution in [3.05, 3.63) is 28.8 Å². The summed E-state index contributed by atoms with van der Waals surface area (Å²) in [5, 5.41) is 19.7. The van der Waals surface area contributed by atoms with Gasteiger partial charge < -0.3 is 19.8 Å². The van der Waals surface area contributed by atoms with Gasteiger partial charge in [0.15, 0.2) is 0 Å². The molecule has 2 atom stereocenters. The zero-order chi connectivity index (χ0) is 13.7. The Balaban J connectivity index is 2.75. The van der Waals surface area contributed by atoms with E-state index in [2.05, 4.69) is 0 Å². The van der Waals surface area contributed by atoms with Crippen LogP contribution in [0.3, 0.4) is 0 Å². The van der Waals surface area contributed by atoms with Gasteiger partial charge in [0.25, 0.3) is 0 Å². The number of rotatable bonds is 6. The van der Waals surface area contributed by atoms with Crippen molar-refractivity contribution < 1.29 is 14.9 Å². The molecule has 0 aliphatic heterocycles. The molecule has 1 rings (SSSR count). The number of benzene rings is 1. The summed E-state index contributed by atoms with van der Waals surface area (Å²) in [5.41, 5.74) is 1.59. The van der Waals surface area contributed by atoms with Crippen molar-refractivity contribution in [3.63, 3.8) is 0 Å². The van der Waals surface area contributed by atoms with Crippen LogP contribution in [0.4, 0.5) is 5.69 Å². The van der Waals surface area contributed by atoms with Gasteiger partial charge in [-0.15, -0.1) is 0 Å². The first-order valence-corrected chi connectivity index (χ1v) is 6.19. The second-order valence-electron chi connectivity index (χ2n) is 4.37. The third-order valence-corrected chi connectivity index (χ3v) is 3.05. The molecule has 2 unspecified atom stereocenters. The van der Waals surface area contributed by atoms with Gasteiger partial charge in [0.2, 0.25) is 0 Å². The minimum atomic E-state index is -0.587. The Morgan fingerprint density at radius 3 is 2.56 bits per heavy atom. The Kier molecular flexibility index (Phi) is 5.88. The second kappa shape index (κ2) is 6.95. The maximum Gasteiger partial charge on any atom is 0.0947 e. The SMILES string of the molecule is COCC(O)CN(C)c1ccc(C(C)O)c(Cl)c1. The zero-order valence-electron chi connectivity index (χ0n) is 10.9. The van der Waals surface area contributed by atoms with Gasteiger partial charge in [0, 0.05) is 31.4 Å². The Bertz CT molecular complexity index is 384. The Hall–Kier alpha value is -0.810. The molecular formula is C13H20ClNO3. The van der Waals surface area contributed by atoms with Crippen LogP contribution >= 0.6 is 11.6 Å². The van der Waals surface area contributed by atoms with Crippen molar-refractivity contribution in [2.24, 2.45) is 0 Å². The monoisotopic (exact) mass is 273 g/mol. The number of halogens is 1. The predicted octanol–water partition coefficient (Wildman–Crippen LogP) is 1.84. The summed E-state index contributed by atoms with van der Waals surface area (Å²) in [6.45, 7) is 2.43. The highest BCUT2D eigenvalue weighted by Crippen LogP contribution is 2.27. The van der Waals surface area contributed by atoms with Gasteiger partial charge >= 0.3 is 0 Å². The van der Waals surface area contributed by atoms with Crippen molar-refractivity contribution >= 4 is 17.3 Å². The van der Waals surface area contributed by atoms with E-state index in [1.807, 2.05) is 18.0 Å². The van der Waals surface area contributed by atoms with Gasteiger partial charge in [0.1, 0.15) is 0 Å². The van der Waals surface area contributed by atoms with Crippen LogP contribution in [-0.2, 0) is 4.74 Å². The fourth-order valence-electron chi connectivity index (χ4n) is 1.76. The quantitative estimate of drug-likeness (QED) is 0.830. The molecule has 0 radical (unpaired) electrons. The van der Waals surface area contributed by atoms with Gasteiger partial charge in [-0.05, 0) is 24.6 Å². The zero-order valence-corrected chi connectivity index (χ0v) is 11.7. The molecule has 0 spiro atoms. The van der Waals surface area contributed by atoms with Crippen LogP contribution in [0.5, 0.6) is 0 Å². The summed E-state index contributed by atoms with van der Waals surface area (Å²) in [6, 6.07) is 5.44. The highest BCUT2D eigenvalue weighted by atomic mass is 35.5. The maximum absolute atomic E-state index is 9.65. The van der Waals surface area contributed by atoms with E-state index >= 15 is 0 Å². The van der Waals surface area contributed by atoms with Crippen LogP contribution in [0.1, 0.15) is 18.6 Å². The molecule has 0 bridgehead atoms. The highest BCUT2D eigenvalue weighted by Gasteiger charge is 2.12. The number of nitrogens with zero attached hydrogens (tertiary/aromatic N) is 1. The standard InChI is InChI=1S/C13H20ClNO3/c1-9(16)12-5-4-10(6-13(12)14)15(2)7-11(17)8-18-3/h4-6,9,11,16-17H,7-8H2,1-3H3. The third-order valence-electron chi connectivity index (χ3n) is 2.72. The topological polar surface area (TPSA) is 52.9 Å². The molecule has 0 amide bonds. The van der Waals surface area contributed by atoms with E-state index in [0.29, 0.717) is 23.7 Å². The molecule has 0 aliphatic rings. The molecule has 1 aromatic rings. The highest BCUT2D eigenvalue weighted by molar-refractivity contribution is 6.31. The van der Waals surface area contributed by atoms with Gasteiger partial charge in [-0.1, -0.05) is 17.7 Å². The number of aliphatic hydroxyl groups excluding tert-OH is 2. The molecule has 0 fully saturated rings. The van der Waals surface area contributed by atoms with E-state index in [1.165, 1.54) is 0 Å². The number of hydrogen-bond donors (Lipinski definition) is 2. The first-order valence-electron chi connectivity index (χ1n) is 5.81. The van der Waals surface area contributed by atoms with Crippen LogP contribution < -0.4 is 4.90 Å². The van der Waals surface area contributed by atoms with E-state index in [-0.39, 0.29) is 0 Å². The summed E-state index contributed by atoms with van der Waals surface area (Å²) in [7, 11) is 3.42. The van der Waals surface area contributed by atoms with Crippen molar-refractivity contribution in [2.75, 3.05) is 32.2 Å². The maximum atomic E-state index is 9.65. The lowest BCUT2D eigenvalue weighted by atomic mass is 10.1. The first kappa shape index (κ1) is 15.2. The smallest absolute Gasteiger partial charge is 0.0947 e. The molecule has 0 saturated carbocycles. The molecule has 0 heterocycles. The summed E-state index contributed by atoms with van der Waals surface area (Å²) in [5.74, 6) is 0. The van der Waals surface area contributed by atoms with Gasteiger partial charge in [-0.3, -0.25) is 0 Å².